The van der Waals surface area contributed by atoms with Gasteiger partial charge in [-0.1, -0.05) is 0 Å². The Kier molecular flexibility index (Phi) is 4.49. The maximum Gasteiger partial charge on any atom is 0.226 e. The summed E-state index contributed by atoms with van der Waals surface area (Å²) in [6.07, 6.45) is 4.42. The molecule has 0 saturated heterocycles. The molecule has 3 N–H and O–H groups in total. The summed E-state index contributed by atoms with van der Waals surface area (Å²) in [4.78, 5) is 11.3. The molecule has 1 aromatic rings. The molecule has 100 valence electrons. The molecule has 0 bridgehead atoms. The second-order valence-electron chi connectivity index (χ2n) is 4.86. The molecule has 5 nitrogen and oxygen atoms in total. The smallest absolute Gasteiger partial charge is 0.226 e. The number of hydrogen-bond acceptors (Lipinski definition) is 5. The van der Waals surface area contributed by atoms with Gasteiger partial charge in [0, 0.05) is 31.4 Å². The Balaban J connectivity index is 2.19. The van der Waals surface area contributed by atoms with Crippen molar-refractivity contribution in [1.29, 1.82) is 0 Å². The summed E-state index contributed by atoms with van der Waals surface area (Å²) in [6.45, 7) is 3.43. The fourth-order valence-electron chi connectivity index (χ4n) is 2.24. The molecule has 1 saturated carbocycles. The van der Waals surface area contributed by atoms with Gasteiger partial charge in [0.15, 0.2) is 0 Å². The SMILES string of the molecule is Cc1cc(CN)nc(N(CCCO)C2CCC2)n1. The van der Waals surface area contributed by atoms with Crippen LogP contribution in [0.25, 0.3) is 0 Å². The van der Waals surface area contributed by atoms with Crippen LogP contribution in [0.3, 0.4) is 0 Å². The second-order valence-corrected chi connectivity index (χ2v) is 4.86. The minimum absolute atomic E-state index is 0.207. The number of hydrogen-bond donors (Lipinski definition) is 2. The lowest BCUT2D eigenvalue weighted by Crippen LogP contribution is -2.42. The third-order valence-electron chi connectivity index (χ3n) is 3.43. The molecule has 0 radical (unpaired) electrons. The minimum Gasteiger partial charge on any atom is -0.396 e. The van der Waals surface area contributed by atoms with Crippen molar-refractivity contribution in [2.24, 2.45) is 5.73 Å². The molecule has 1 aliphatic rings. The quantitative estimate of drug-likeness (QED) is 0.787. The van der Waals surface area contributed by atoms with Crippen LogP contribution in [0.15, 0.2) is 6.07 Å². The van der Waals surface area contributed by atoms with Gasteiger partial charge >= 0.3 is 0 Å². The molecule has 0 unspecified atom stereocenters. The highest BCUT2D eigenvalue weighted by Crippen LogP contribution is 2.28. The molecule has 1 fully saturated rings. The van der Waals surface area contributed by atoms with Gasteiger partial charge in [-0.2, -0.15) is 0 Å². The van der Waals surface area contributed by atoms with Crippen molar-refractivity contribution in [2.75, 3.05) is 18.1 Å². The average Bonchev–Trinajstić information content (AvgIpc) is 2.31. The van der Waals surface area contributed by atoms with E-state index in [0.29, 0.717) is 12.6 Å². The number of rotatable bonds is 6. The molecule has 5 heteroatoms. The lowest BCUT2D eigenvalue weighted by atomic mass is 9.91. The predicted molar refractivity (Wildman–Crippen MR) is 71.3 cm³/mol. The number of aliphatic hydroxyl groups is 1. The topological polar surface area (TPSA) is 75.3 Å². The first-order valence-electron chi connectivity index (χ1n) is 6.66. The number of nitrogens with two attached hydrogens (primary N) is 1. The van der Waals surface area contributed by atoms with Gasteiger partial charge < -0.3 is 15.7 Å². The van der Waals surface area contributed by atoms with E-state index < -0.39 is 0 Å². The summed E-state index contributed by atoms with van der Waals surface area (Å²) in [5.41, 5.74) is 7.49. The lowest BCUT2D eigenvalue weighted by Gasteiger charge is -2.37. The number of aliphatic hydroxyl groups excluding tert-OH is 1. The maximum absolute atomic E-state index is 9.00. The summed E-state index contributed by atoms with van der Waals surface area (Å²) in [6, 6.07) is 2.46. The summed E-state index contributed by atoms with van der Waals surface area (Å²) < 4.78 is 0. The number of anilines is 1. The highest BCUT2D eigenvalue weighted by Gasteiger charge is 2.26. The number of aromatic nitrogens is 2. The minimum atomic E-state index is 0.207. The Bertz CT molecular complexity index is 393. The second kappa shape index (κ2) is 6.11. The van der Waals surface area contributed by atoms with Gasteiger partial charge in [0.1, 0.15) is 0 Å². The highest BCUT2D eigenvalue weighted by molar-refractivity contribution is 5.34. The van der Waals surface area contributed by atoms with E-state index in [2.05, 4.69) is 14.9 Å². The van der Waals surface area contributed by atoms with E-state index >= 15 is 0 Å². The molecule has 1 aromatic heterocycles. The Hall–Kier alpha value is -1.20. The van der Waals surface area contributed by atoms with Gasteiger partial charge in [-0.25, -0.2) is 9.97 Å². The molecular formula is C13H22N4O. The fraction of sp³-hybridized carbons (Fsp3) is 0.692. The molecule has 1 heterocycles. The van der Waals surface area contributed by atoms with Gasteiger partial charge in [0.2, 0.25) is 5.95 Å². The molecule has 18 heavy (non-hydrogen) atoms. The van der Waals surface area contributed by atoms with Crippen molar-refractivity contribution in [3.63, 3.8) is 0 Å². The molecule has 0 aromatic carbocycles. The van der Waals surface area contributed by atoms with Crippen molar-refractivity contribution < 1.29 is 5.11 Å². The van der Waals surface area contributed by atoms with Crippen LogP contribution in [0, 0.1) is 6.92 Å². The Morgan fingerprint density at radius 2 is 2.22 bits per heavy atom. The third-order valence-corrected chi connectivity index (χ3v) is 3.43. The largest absolute Gasteiger partial charge is 0.396 e. The zero-order valence-electron chi connectivity index (χ0n) is 11.0. The molecular weight excluding hydrogens is 228 g/mol. The Labute approximate surface area is 108 Å². The van der Waals surface area contributed by atoms with Gasteiger partial charge in [-0.05, 0) is 38.7 Å². The van der Waals surface area contributed by atoms with Crippen LogP contribution in [0.5, 0.6) is 0 Å². The van der Waals surface area contributed by atoms with E-state index in [9.17, 15) is 0 Å². The van der Waals surface area contributed by atoms with E-state index in [-0.39, 0.29) is 6.61 Å². The zero-order valence-corrected chi connectivity index (χ0v) is 11.0. The van der Waals surface area contributed by atoms with Crippen LogP contribution in [-0.4, -0.2) is 34.3 Å². The van der Waals surface area contributed by atoms with Crippen molar-refractivity contribution in [3.05, 3.63) is 17.5 Å². The Morgan fingerprint density at radius 3 is 2.78 bits per heavy atom. The zero-order chi connectivity index (χ0) is 13.0. The van der Waals surface area contributed by atoms with Crippen LogP contribution in [0.4, 0.5) is 5.95 Å². The summed E-state index contributed by atoms with van der Waals surface area (Å²) in [7, 11) is 0. The Morgan fingerprint density at radius 1 is 1.44 bits per heavy atom. The molecule has 2 rings (SSSR count). The van der Waals surface area contributed by atoms with E-state index in [1.807, 2.05) is 13.0 Å². The standard InChI is InChI=1S/C13H22N4O/c1-10-8-11(9-14)16-13(15-10)17(6-3-7-18)12-4-2-5-12/h8,12,18H,2-7,9,14H2,1H3. The van der Waals surface area contributed by atoms with Crippen LogP contribution in [0.1, 0.15) is 37.1 Å². The monoisotopic (exact) mass is 250 g/mol. The van der Waals surface area contributed by atoms with Gasteiger partial charge in [-0.3, -0.25) is 0 Å². The van der Waals surface area contributed by atoms with Gasteiger partial charge in [0.05, 0.1) is 5.69 Å². The summed E-state index contributed by atoms with van der Waals surface area (Å²) >= 11 is 0. The third kappa shape index (κ3) is 2.97. The molecule has 1 aliphatic carbocycles. The number of aryl methyl sites for hydroxylation is 1. The molecule has 0 spiro atoms. The van der Waals surface area contributed by atoms with Gasteiger partial charge in [-0.15, -0.1) is 0 Å². The average molecular weight is 250 g/mol. The highest BCUT2D eigenvalue weighted by atomic mass is 16.3. The molecule has 0 aliphatic heterocycles. The van der Waals surface area contributed by atoms with Crippen LogP contribution < -0.4 is 10.6 Å². The first-order chi connectivity index (χ1) is 8.74. The lowest BCUT2D eigenvalue weighted by molar-refractivity contribution is 0.282. The first-order valence-corrected chi connectivity index (χ1v) is 6.66. The van der Waals surface area contributed by atoms with E-state index in [4.69, 9.17) is 10.8 Å². The van der Waals surface area contributed by atoms with Crippen molar-refractivity contribution >= 4 is 5.95 Å². The number of nitrogens with zero attached hydrogens (tertiary/aromatic N) is 3. The predicted octanol–water partition coefficient (Wildman–Crippen LogP) is 0.985. The normalized spacial score (nSPS) is 15.5. The van der Waals surface area contributed by atoms with E-state index in [0.717, 1.165) is 30.3 Å². The van der Waals surface area contributed by atoms with E-state index in [1.165, 1.54) is 19.3 Å². The maximum atomic E-state index is 9.00. The van der Waals surface area contributed by atoms with Crippen LogP contribution in [-0.2, 0) is 6.54 Å². The molecule has 0 amide bonds. The summed E-state index contributed by atoms with van der Waals surface area (Å²) in [5, 5.41) is 9.00. The van der Waals surface area contributed by atoms with Crippen LogP contribution in [0.2, 0.25) is 0 Å². The summed E-state index contributed by atoms with van der Waals surface area (Å²) in [5.74, 6) is 0.772. The first kappa shape index (κ1) is 13.2. The van der Waals surface area contributed by atoms with Crippen molar-refractivity contribution in [2.45, 2.75) is 45.2 Å². The van der Waals surface area contributed by atoms with Crippen molar-refractivity contribution in [1.82, 2.24) is 9.97 Å². The van der Waals surface area contributed by atoms with Gasteiger partial charge in [0.25, 0.3) is 0 Å². The van der Waals surface area contributed by atoms with Crippen molar-refractivity contribution in [3.8, 4) is 0 Å². The van der Waals surface area contributed by atoms with Crippen LogP contribution >= 0.6 is 0 Å². The fourth-order valence-corrected chi connectivity index (χ4v) is 2.24. The van der Waals surface area contributed by atoms with E-state index in [1.54, 1.807) is 0 Å². The molecule has 0 atom stereocenters.